The first kappa shape index (κ1) is 37.1. The van der Waals surface area contributed by atoms with E-state index in [1.807, 2.05) is 0 Å². The molecule has 4 amide bonds. The fourth-order valence-electron chi connectivity index (χ4n) is 2.63. The third-order valence-corrected chi connectivity index (χ3v) is 9.42. The fraction of sp³-hybridized carbons (Fsp3) is 0.714. The zero-order valence-electron chi connectivity index (χ0n) is 21.9. The van der Waals surface area contributed by atoms with Gasteiger partial charge < -0.3 is 41.9 Å². The number of carboxylic acid groups (broad SMARTS) is 2. The minimum absolute atomic E-state index is 0.0505. The van der Waals surface area contributed by atoms with E-state index in [9.17, 15) is 39.0 Å². The lowest BCUT2D eigenvalue weighted by Crippen LogP contribution is -2.48. The van der Waals surface area contributed by atoms with Gasteiger partial charge in [0.05, 0.1) is 25.0 Å². The number of hydrogen-bond donors (Lipinski definition) is 8. The summed E-state index contributed by atoms with van der Waals surface area (Å²) < 4.78 is 0. The molecule has 0 aromatic heterocycles. The predicted octanol–water partition coefficient (Wildman–Crippen LogP) is -1.11. The van der Waals surface area contributed by atoms with E-state index in [0.29, 0.717) is 17.3 Å². The summed E-state index contributed by atoms with van der Waals surface area (Å²) in [5.74, 6) is -3.06. The van der Waals surface area contributed by atoms with Crippen LogP contribution in [-0.4, -0.2) is 119 Å². The van der Waals surface area contributed by atoms with Gasteiger partial charge in [-0.1, -0.05) is 43.2 Å². The number of likely N-dealkylation sites (N-methyl/N-ethyl adjacent to an activating group) is 2. The molecule has 0 aromatic rings. The highest BCUT2D eigenvalue weighted by molar-refractivity contribution is 8.77. The molecule has 4 unspecified atom stereocenters. The number of nitrogens with one attached hydrogen (secondary N) is 5. The first-order valence-corrected chi connectivity index (χ1v) is 16.8. The number of aliphatic hydroxyl groups is 1. The van der Waals surface area contributed by atoms with E-state index in [-0.39, 0.29) is 37.1 Å². The normalized spacial score (nSPS) is 13.8. The minimum atomic E-state index is -1.26. The number of aliphatic hydroxyl groups excluding tert-OH is 1. The van der Waals surface area contributed by atoms with E-state index in [4.69, 9.17) is 5.11 Å². The number of carboxylic acids is 2. The first-order valence-electron chi connectivity index (χ1n) is 11.8. The molecule has 0 heterocycles. The molecule has 18 heteroatoms. The molecule has 0 rings (SSSR count). The van der Waals surface area contributed by atoms with E-state index >= 15 is 0 Å². The zero-order valence-corrected chi connectivity index (χ0v) is 25.2. The summed E-state index contributed by atoms with van der Waals surface area (Å²) in [5.41, 5.74) is 0. The lowest BCUT2D eigenvalue weighted by Gasteiger charge is -2.17. The summed E-state index contributed by atoms with van der Waals surface area (Å²) >= 11 is 0. The Bertz CT molecular complexity index is 823. The highest BCUT2D eigenvalue weighted by Gasteiger charge is 2.24. The maximum Gasteiger partial charge on any atom is 0.327 e. The maximum atomic E-state index is 12.4. The Morgan fingerprint density at radius 2 is 1.33 bits per heavy atom. The van der Waals surface area contributed by atoms with Crippen LogP contribution < -0.4 is 26.6 Å². The quantitative estimate of drug-likeness (QED) is 0.0524. The Balaban J connectivity index is 4.40. The standard InChI is InChI=1S/C21H37N5O9S4/c1-12(27)8-17(29)26-15(21(34)35)11-39-37-7-5-24-20(33)13(9-18(30)31)25-16(28)4-6-36-38-10-14(22-2)19(32)23-3/h12-15,22,27H,4-11H2,1-3H3,(H,23,32)(H,24,33)(H,25,28)(H,26,29)(H,30,31)(H,34,35). The number of carbonyl (C=O) groups is 6. The second-order valence-electron chi connectivity index (χ2n) is 7.94. The van der Waals surface area contributed by atoms with Crippen molar-refractivity contribution in [2.24, 2.45) is 0 Å². The van der Waals surface area contributed by atoms with Gasteiger partial charge in [-0.3, -0.25) is 24.0 Å². The first-order chi connectivity index (χ1) is 18.4. The Morgan fingerprint density at radius 1 is 0.744 bits per heavy atom. The van der Waals surface area contributed by atoms with Gasteiger partial charge in [-0.2, -0.15) is 0 Å². The topological polar surface area (TPSA) is 223 Å². The van der Waals surface area contributed by atoms with Crippen LogP contribution in [0.2, 0.25) is 0 Å². The molecular weight excluding hydrogens is 595 g/mol. The smallest absolute Gasteiger partial charge is 0.327 e. The molecule has 0 fully saturated rings. The zero-order chi connectivity index (χ0) is 29.8. The average molecular weight is 632 g/mol. The monoisotopic (exact) mass is 631 g/mol. The van der Waals surface area contributed by atoms with Gasteiger partial charge in [0.2, 0.25) is 23.6 Å². The summed E-state index contributed by atoms with van der Waals surface area (Å²) in [6, 6.07) is -2.77. The molecule has 8 N–H and O–H groups in total. The van der Waals surface area contributed by atoms with Crippen molar-refractivity contribution in [2.45, 2.75) is 50.4 Å². The molecule has 14 nitrogen and oxygen atoms in total. The van der Waals surface area contributed by atoms with Crippen molar-refractivity contribution in [3.63, 3.8) is 0 Å². The fourth-order valence-corrected chi connectivity index (χ4v) is 6.93. The number of aliphatic carboxylic acids is 2. The molecule has 0 aliphatic carbocycles. The summed E-state index contributed by atoms with van der Waals surface area (Å²) in [6.07, 6.45) is -1.65. The Morgan fingerprint density at radius 3 is 1.87 bits per heavy atom. The second kappa shape index (κ2) is 21.9. The third kappa shape index (κ3) is 19.0. The van der Waals surface area contributed by atoms with E-state index in [1.165, 1.54) is 39.3 Å². The summed E-state index contributed by atoms with van der Waals surface area (Å²) in [5, 5.41) is 40.3. The molecule has 0 bridgehead atoms. The molecule has 0 saturated heterocycles. The Hall–Kier alpha value is -1.86. The minimum Gasteiger partial charge on any atom is -0.481 e. The second-order valence-corrected chi connectivity index (χ2v) is 13.2. The van der Waals surface area contributed by atoms with Crippen molar-refractivity contribution in [1.29, 1.82) is 0 Å². The van der Waals surface area contributed by atoms with E-state index in [2.05, 4.69) is 26.6 Å². The molecule has 0 aromatic carbocycles. The van der Waals surface area contributed by atoms with Crippen molar-refractivity contribution in [1.82, 2.24) is 26.6 Å². The van der Waals surface area contributed by atoms with E-state index in [0.717, 1.165) is 10.8 Å². The molecular formula is C21H37N5O9S4. The largest absolute Gasteiger partial charge is 0.481 e. The Kier molecular flexibility index (Phi) is 20.9. The van der Waals surface area contributed by atoms with Crippen molar-refractivity contribution in [3.8, 4) is 0 Å². The number of amides is 4. The van der Waals surface area contributed by atoms with Crippen LogP contribution >= 0.6 is 43.2 Å². The van der Waals surface area contributed by atoms with Crippen LogP contribution in [0.15, 0.2) is 0 Å². The Labute approximate surface area is 242 Å². The van der Waals surface area contributed by atoms with Crippen molar-refractivity contribution >= 4 is 78.7 Å². The molecule has 0 aliphatic heterocycles. The molecule has 39 heavy (non-hydrogen) atoms. The molecule has 0 radical (unpaired) electrons. The lowest BCUT2D eigenvalue weighted by atomic mass is 10.2. The van der Waals surface area contributed by atoms with Gasteiger partial charge in [0.25, 0.3) is 0 Å². The van der Waals surface area contributed by atoms with E-state index < -0.39 is 54.3 Å². The van der Waals surface area contributed by atoms with Crippen molar-refractivity contribution in [2.75, 3.05) is 43.7 Å². The predicted molar refractivity (Wildman–Crippen MR) is 154 cm³/mol. The van der Waals surface area contributed by atoms with Gasteiger partial charge in [-0.25, -0.2) is 4.79 Å². The molecule has 224 valence electrons. The lowest BCUT2D eigenvalue weighted by molar-refractivity contribution is -0.141. The summed E-state index contributed by atoms with van der Waals surface area (Å²) in [4.78, 5) is 70.4. The molecule has 0 aliphatic rings. The van der Waals surface area contributed by atoms with Crippen LogP contribution in [0.25, 0.3) is 0 Å². The maximum absolute atomic E-state index is 12.4. The third-order valence-electron chi connectivity index (χ3n) is 4.59. The van der Waals surface area contributed by atoms with Crippen molar-refractivity contribution < 1.29 is 44.1 Å². The van der Waals surface area contributed by atoms with Crippen LogP contribution in [0, 0.1) is 0 Å². The van der Waals surface area contributed by atoms with Gasteiger partial charge in [0, 0.05) is 43.0 Å². The van der Waals surface area contributed by atoms with Gasteiger partial charge in [0.1, 0.15) is 12.1 Å². The SMILES string of the molecule is CNC(=O)C(CSSCCC(=O)NC(CC(=O)O)C(=O)NCCSSCC(NC(=O)CC(C)O)C(=O)O)NC. The van der Waals surface area contributed by atoms with Crippen LogP contribution in [0.4, 0.5) is 0 Å². The van der Waals surface area contributed by atoms with Crippen LogP contribution in [-0.2, 0) is 28.8 Å². The van der Waals surface area contributed by atoms with Crippen LogP contribution in [0.3, 0.4) is 0 Å². The highest BCUT2D eigenvalue weighted by atomic mass is 33.1. The van der Waals surface area contributed by atoms with Crippen LogP contribution in [0.5, 0.6) is 0 Å². The van der Waals surface area contributed by atoms with Gasteiger partial charge in [0.15, 0.2) is 0 Å². The summed E-state index contributed by atoms with van der Waals surface area (Å²) in [7, 11) is 8.40. The van der Waals surface area contributed by atoms with Gasteiger partial charge in [-0.05, 0) is 14.0 Å². The highest BCUT2D eigenvalue weighted by Crippen LogP contribution is 2.23. The number of carbonyl (C=O) groups excluding carboxylic acids is 4. The number of hydrogen-bond acceptors (Lipinski definition) is 12. The molecule has 4 atom stereocenters. The average Bonchev–Trinajstić information content (AvgIpc) is 2.85. The molecule has 0 saturated carbocycles. The van der Waals surface area contributed by atoms with Gasteiger partial charge in [-0.15, -0.1) is 0 Å². The molecule has 0 spiro atoms. The van der Waals surface area contributed by atoms with Gasteiger partial charge >= 0.3 is 11.9 Å². The van der Waals surface area contributed by atoms with E-state index in [1.54, 1.807) is 14.1 Å². The number of rotatable bonds is 22. The van der Waals surface area contributed by atoms with Crippen LogP contribution in [0.1, 0.15) is 26.2 Å². The summed E-state index contributed by atoms with van der Waals surface area (Å²) in [6.45, 7) is 1.55. The van der Waals surface area contributed by atoms with Crippen molar-refractivity contribution in [3.05, 3.63) is 0 Å².